The molecule has 0 unspecified atom stereocenters. The second-order valence-electron chi connectivity index (χ2n) is 5.63. The molecule has 0 aliphatic rings. The fourth-order valence-corrected chi connectivity index (χ4v) is 3.10. The summed E-state index contributed by atoms with van der Waals surface area (Å²) in [5.74, 6) is 0.996. The van der Waals surface area contributed by atoms with Crippen molar-refractivity contribution in [3.63, 3.8) is 0 Å². The van der Waals surface area contributed by atoms with Gasteiger partial charge in [0.15, 0.2) is 5.82 Å². The molecular weight excluding hydrogens is 254 g/mol. The number of nitrogen functional groups attached to an aromatic ring is 1. The Hall–Kier alpha value is -1.81. The topological polar surface area (TPSA) is 43.8 Å². The Balaban J connectivity index is 2.35. The van der Waals surface area contributed by atoms with E-state index in [0.717, 1.165) is 26.7 Å². The molecule has 0 aliphatic heterocycles. The lowest BCUT2D eigenvalue weighted by atomic mass is 10.1. The highest BCUT2D eigenvalue weighted by atomic mass is 32.1. The van der Waals surface area contributed by atoms with E-state index in [1.807, 2.05) is 18.2 Å². The summed E-state index contributed by atoms with van der Waals surface area (Å²) in [5.41, 5.74) is 8.02. The first-order valence-electron chi connectivity index (χ1n) is 6.30. The summed E-state index contributed by atoms with van der Waals surface area (Å²) in [6, 6.07) is 12.2. The summed E-state index contributed by atoms with van der Waals surface area (Å²) in [4.78, 5) is 5.90. The normalized spacial score (nSPS) is 12.2. The number of nitrogens with zero attached hydrogens (tertiary/aromatic N) is 2. The van der Waals surface area contributed by atoms with Crippen molar-refractivity contribution < 1.29 is 0 Å². The number of rotatable bonds is 1. The van der Waals surface area contributed by atoms with Crippen LogP contribution in [-0.4, -0.2) is 9.55 Å². The number of nitrogens with two attached hydrogens (primary N) is 1. The van der Waals surface area contributed by atoms with Crippen LogP contribution in [0.5, 0.6) is 0 Å². The highest BCUT2D eigenvalue weighted by Gasteiger charge is 2.22. The summed E-state index contributed by atoms with van der Waals surface area (Å²) < 4.78 is 2.29. The van der Waals surface area contributed by atoms with Crippen molar-refractivity contribution in [3.8, 4) is 10.7 Å². The van der Waals surface area contributed by atoms with E-state index in [0.29, 0.717) is 0 Å². The van der Waals surface area contributed by atoms with Crippen LogP contribution in [0.4, 0.5) is 5.00 Å². The Bertz CT molecular complexity index is 731. The molecule has 98 valence electrons. The second kappa shape index (κ2) is 4.10. The minimum absolute atomic E-state index is 0.0236. The molecule has 2 heterocycles. The van der Waals surface area contributed by atoms with Gasteiger partial charge < -0.3 is 10.3 Å². The Morgan fingerprint density at radius 1 is 1.11 bits per heavy atom. The van der Waals surface area contributed by atoms with Gasteiger partial charge in [-0.05, 0) is 45.0 Å². The van der Waals surface area contributed by atoms with E-state index in [1.54, 1.807) is 11.3 Å². The maximum atomic E-state index is 5.85. The third-order valence-corrected chi connectivity index (χ3v) is 3.99. The molecule has 0 bridgehead atoms. The van der Waals surface area contributed by atoms with Gasteiger partial charge >= 0.3 is 0 Å². The molecule has 19 heavy (non-hydrogen) atoms. The molecule has 3 nitrogen and oxygen atoms in total. The van der Waals surface area contributed by atoms with Crippen LogP contribution in [0.15, 0.2) is 36.4 Å². The van der Waals surface area contributed by atoms with Crippen molar-refractivity contribution in [2.24, 2.45) is 0 Å². The Labute approximate surface area is 116 Å². The summed E-state index contributed by atoms with van der Waals surface area (Å²) >= 11 is 1.58. The molecule has 0 spiro atoms. The number of anilines is 1. The van der Waals surface area contributed by atoms with Crippen LogP contribution in [0.1, 0.15) is 20.8 Å². The molecule has 0 saturated heterocycles. The molecule has 0 saturated carbocycles. The predicted molar refractivity (Wildman–Crippen MR) is 82.5 cm³/mol. The Morgan fingerprint density at radius 3 is 2.47 bits per heavy atom. The average Bonchev–Trinajstić information content (AvgIpc) is 2.90. The van der Waals surface area contributed by atoms with E-state index in [-0.39, 0.29) is 5.54 Å². The third kappa shape index (κ3) is 2.02. The van der Waals surface area contributed by atoms with Gasteiger partial charge in [0.05, 0.1) is 20.9 Å². The minimum atomic E-state index is -0.0236. The number of aromatic nitrogens is 2. The molecule has 4 heteroatoms. The number of para-hydroxylation sites is 2. The van der Waals surface area contributed by atoms with Gasteiger partial charge in [-0.15, -0.1) is 11.3 Å². The lowest BCUT2D eigenvalue weighted by molar-refractivity contribution is 0.413. The highest BCUT2D eigenvalue weighted by molar-refractivity contribution is 7.19. The van der Waals surface area contributed by atoms with Crippen LogP contribution >= 0.6 is 11.3 Å². The van der Waals surface area contributed by atoms with Crippen LogP contribution in [0.3, 0.4) is 0 Å². The van der Waals surface area contributed by atoms with Crippen LogP contribution in [0.2, 0.25) is 0 Å². The van der Waals surface area contributed by atoms with Crippen LogP contribution in [-0.2, 0) is 5.54 Å². The highest BCUT2D eigenvalue weighted by Crippen LogP contribution is 2.35. The van der Waals surface area contributed by atoms with E-state index < -0.39 is 0 Å². The van der Waals surface area contributed by atoms with Crippen molar-refractivity contribution in [2.75, 3.05) is 5.73 Å². The van der Waals surface area contributed by atoms with Crippen LogP contribution in [0.25, 0.3) is 21.7 Å². The van der Waals surface area contributed by atoms with E-state index in [4.69, 9.17) is 10.7 Å². The molecule has 3 aromatic rings. The van der Waals surface area contributed by atoms with E-state index in [9.17, 15) is 0 Å². The van der Waals surface area contributed by atoms with Crippen LogP contribution in [0, 0.1) is 0 Å². The number of benzene rings is 1. The van der Waals surface area contributed by atoms with E-state index in [2.05, 4.69) is 43.5 Å². The Morgan fingerprint density at radius 2 is 1.84 bits per heavy atom. The quantitative estimate of drug-likeness (QED) is 0.724. The first kappa shape index (κ1) is 12.2. The first-order valence-corrected chi connectivity index (χ1v) is 7.12. The van der Waals surface area contributed by atoms with E-state index in [1.165, 1.54) is 0 Å². The third-order valence-electron chi connectivity index (χ3n) is 3.08. The maximum absolute atomic E-state index is 5.85. The fraction of sp³-hybridized carbons (Fsp3) is 0.267. The number of hydrogen-bond donors (Lipinski definition) is 1. The van der Waals surface area contributed by atoms with Gasteiger partial charge in [-0.1, -0.05) is 12.1 Å². The molecular formula is C15H17N3S. The molecule has 1 aromatic carbocycles. The summed E-state index contributed by atoms with van der Waals surface area (Å²) in [5, 5.41) is 0.822. The smallest absolute Gasteiger partial charge is 0.151 e. The number of imidazole rings is 1. The van der Waals surface area contributed by atoms with Crippen molar-refractivity contribution >= 4 is 27.4 Å². The first-order chi connectivity index (χ1) is 8.97. The van der Waals surface area contributed by atoms with Gasteiger partial charge in [0, 0.05) is 5.54 Å². The zero-order chi connectivity index (χ0) is 13.6. The predicted octanol–water partition coefficient (Wildman–Crippen LogP) is 4.10. The van der Waals surface area contributed by atoms with Gasteiger partial charge in [0.25, 0.3) is 0 Å². The molecule has 3 rings (SSSR count). The second-order valence-corrected chi connectivity index (χ2v) is 6.75. The van der Waals surface area contributed by atoms with Gasteiger partial charge in [0.1, 0.15) is 0 Å². The molecule has 0 fully saturated rings. The minimum Gasteiger partial charge on any atom is -0.391 e. The van der Waals surface area contributed by atoms with Gasteiger partial charge in [-0.3, -0.25) is 0 Å². The van der Waals surface area contributed by atoms with Crippen molar-refractivity contribution in [2.45, 2.75) is 26.3 Å². The lowest BCUT2D eigenvalue weighted by Gasteiger charge is -2.24. The van der Waals surface area contributed by atoms with Crippen molar-refractivity contribution in [3.05, 3.63) is 36.4 Å². The van der Waals surface area contributed by atoms with Crippen molar-refractivity contribution in [1.29, 1.82) is 0 Å². The lowest BCUT2D eigenvalue weighted by Crippen LogP contribution is -2.22. The number of fused-ring (bicyclic) bond motifs is 1. The summed E-state index contributed by atoms with van der Waals surface area (Å²) in [6.07, 6.45) is 0. The molecule has 0 amide bonds. The molecule has 0 aliphatic carbocycles. The zero-order valence-corrected chi connectivity index (χ0v) is 12.2. The molecule has 0 radical (unpaired) electrons. The summed E-state index contributed by atoms with van der Waals surface area (Å²) in [7, 11) is 0. The van der Waals surface area contributed by atoms with Crippen molar-refractivity contribution in [1.82, 2.24) is 9.55 Å². The zero-order valence-electron chi connectivity index (χ0n) is 11.3. The molecule has 2 aromatic heterocycles. The molecule has 0 atom stereocenters. The van der Waals surface area contributed by atoms with Crippen LogP contribution < -0.4 is 5.73 Å². The van der Waals surface area contributed by atoms with Gasteiger partial charge in [-0.25, -0.2) is 4.98 Å². The monoisotopic (exact) mass is 271 g/mol. The standard InChI is InChI=1S/C15H17N3S/c1-15(2,3)18-11-7-5-4-6-10(11)17-14(18)12-8-9-13(16)19-12/h4-9H,16H2,1-3H3. The number of thiophene rings is 1. The van der Waals surface area contributed by atoms with Gasteiger partial charge in [0.2, 0.25) is 0 Å². The van der Waals surface area contributed by atoms with E-state index >= 15 is 0 Å². The molecule has 2 N–H and O–H groups in total. The largest absolute Gasteiger partial charge is 0.391 e. The maximum Gasteiger partial charge on any atom is 0.151 e. The SMILES string of the molecule is CC(C)(C)n1c(-c2ccc(N)s2)nc2ccccc21. The summed E-state index contributed by atoms with van der Waals surface area (Å²) in [6.45, 7) is 6.59. The fourth-order valence-electron chi connectivity index (χ4n) is 2.34. The van der Waals surface area contributed by atoms with Gasteiger partial charge in [-0.2, -0.15) is 0 Å². The Kier molecular flexibility index (Phi) is 2.64. The average molecular weight is 271 g/mol. The number of hydrogen-bond acceptors (Lipinski definition) is 3.